The van der Waals surface area contributed by atoms with Gasteiger partial charge in [0.2, 0.25) is 0 Å². The average Bonchev–Trinajstić information content (AvgIpc) is 2.42. The molecule has 0 heterocycles. The standard InChI is InChI=1S/C15H16O5/c1-20-10-2-3-11-9(6-10)7-14(13(17)18)8-15(11,19)5-4-12(14)16/h2-3,6,19H,4-5,7-8H2,1H3,(H,17,18)/t14-,15-/m0/s1. The number of ketones is 1. The Balaban J connectivity index is 2.19. The molecule has 1 aromatic carbocycles. The molecule has 1 fully saturated rings. The Labute approximate surface area is 116 Å². The zero-order valence-electron chi connectivity index (χ0n) is 11.2. The Hall–Kier alpha value is -1.88. The molecule has 1 saturated carbocycles. The number of benzene rings is 1. The molecule has 3 rings (SSSR count). The first-order chi connectivity index (χ1) is 9.41. The van der Waals surface area contributed by atoms with Crippen LogP contribution in [0.3, 0.4) is 0 Å². The van der Waals surface area contributed by atoms with E-state index in [4.69, 9.17) is 4.74 Å². The van der Waals surface area contributed by atoms with Gasteiger partial charge >= 0.3 is 5.97 Å². The number of methoxy groups -OCH3 is 1. The van der Waals surface area contributed by atoms with Crippen molar-refractivity contribution >= 4 is 11.8 Å². The Kier molecular flexibility index (Phi) is 2.66. The molecule has 0 radical (unpaired) electrons. The minimum Gasteiger partial charge on any atom is -0.497 e. The van der Waals surface area contributed by atoms with Crippen LogP contribution in [0, 0.1) is 5.41 Å². The van der Waals surface area contributed by atoms with Crippen molar-refractivity contribution in [3.63, 3.8) is 0 Å². The van der Waals surface area contributed by atoms with Gasteiger partial charge in [0.25, 0.3) is 0 Å². The van der Waals surface area contributed by atoms with E-state index in [1.165, 1.54) is 7.11 Å². The lowest BCUT2D eigenvalue weighted by Gasteiger charge is -2.47. The molecule has 0 spiro atoms. The van der Waals surface area contributed by atoms with Crippen molar-refractivity contribution in [1.82, 2.24) is 0 Å². The van der Waals surface area contributed by atoms with Gasteiger partial charge in [-0.05, 0) is 36.1 Å². The van der Waals surface area contributed by atoms with Gasteiger partial charge in [-0.1, -0.05) is 6.07 Å². The van der Waals surface area contributed by atoms with E-state index in [1.807, 2.05) is 0 Å². The zero-order chi connectivity index (χ0) is 14.5. The van der Waals surface area contributed by atoms with E-state index in [0.29, 0.717) is 11.3 Å². The summed E-state index contributed by atoms with van der Waals surface area (Å²) in [4.78, 5) is 23.8. The summed E-state index contributed by atoms with van der Waals surface area (Å²) in [6, 6.07) is 5.24. The molecular weight excluding hydrogens is 260 g/mol. The summed E-state index contributed by atoms with van der Waals surface area (Å²) in [7, 11) is 1.53. The molecule has 0 saturated heterocycles. The van der Waals surface area contributed by atoms with Crippen molar-refractivity contribution in [1.29, 1.82) is 0 Å². The van der Waals surface area contributed by atoms with Crippen molar-refractivity contribution in [3.8, 4) is 5.75 Å². The van der Waals surface area contributed by atoms with Crippen LogP contribution >= 0.6 is 0 Å². The maximum absolute atomic E-state index is 12.2. The second-order valence-electron chi connectivity index (χ2n) is 5.72. The van der Waals surface area contributed by atoms with Crippen molar-refractivity contribution < 1.29 is 24.5 Å². The van der Waals surface area contributed by atoms with E-state index in [2.05, 4.69) is 0 Å². The first-order valence-electron chi connectivity index (χ1n) is 6.58. The summed E-state index contributed by atoms with van der Waals surface area (Å²) < 4.78 is 5.14. The maximum Gasteiger partial charge on any atom is 0.317 e. The molecule has 5 nitrogen and oxygen atoms in total. The van der Waals surface area contributed by atoms with Crippen molar-refractivity contribution in [2.75, 3.05) is 7.11 Å². The number of hydrogen-bond acceptors (Lipinski definition) is 4. The lowest BCUT2D eigenvalue weighted by Crippen LogP contribution is -2.54. The van der Waals surface area contributed by atoms with Gasteiger partial charge < -0.3 is 14.9 Å². The number of fused-ring (bicyclic) bond motifs is 4. The van der Waals surface area contributed by atoms with Crippen LogP contribution in [0.15, 0.2) is 18.2 Å². The molecule has 2 aliphatic carbocycles. The third-order valence-corrected chi connectivity index (χ3v) is 4.61. The predicted molar refractivity (Wildman–Crippen MR) is 69.5 cm³/mol. The number of aliphatic carboxylic acids is 1. The number of carbonyl (C=O) groups excluding carboxylic acids is 1. The average molecular weight is 276 g/mol. The number of aliphatic hydroxyl groups is 1. The van der Waals surface area contributed by atoms with Gasteiger partial charge in [0.05, 0.1) is 12.7 Å². The van der Waals surface area contributed by atoms with E-state index >= 15 is 0 Å². The molecule has 2 N–H and O–H groups in total. The molecule has 2 bridgehead atoms. The van der Waals surface area contributed by atoms with Crippen LogP contribution in [0.5, 0.6) is 5.75 Å². The highest BCUT2D eigenvalue weighted by molar-refractivity contribution is 6.04. The topological polar surface area (TPSA) is 83.8 Å². The van der Waals surface area contributed by atoms with E-state index in [1.54, 1.807) is 18.2 Å². The highest BCUT2D eigenvalue weighted by atomic mass is 16.5. The van der Waals surface area contributed by atoms with Crippen LogP contribution in [0.25, 0.3) is 0 Å². The number of ether oxygens (including phenoxy) is 1. The minimum absolute atomic E-state index is 0.0342. The van der Waals surface area contributed by atoms with Crippen molar-refractivity contribution in [2.45, 2.75) is 31.3 Å². The number of Topliss-reactive ketones (excluding diaryl/α,β-unsaturated/α-hetero) is 1. The third-order valence-electron chi connectivity index (χ3n) is 4.61. The van der Waals surface area contributed by atoms with Crippen molar-refractivity contribution in [3.05, 3.63) is 29.3 Å². The molecule has 0 unspecified atom stereocenters. The summed E-state index contributed by atoms with van der Waals surface area (Å²) >= 11 is 0. The van der Waals surface area contributed by atoms with Crippen LogP contribution in [-0.4, -0.2) is 29.1 Å². The van der Waals surface area contributed by atoms with Crippen LogP contribution in [0.2, 0.25) is 0 Å². The zero-order valence-corrected chi connectivity index (χ0v) is 11.2. The molecular formula is C15H16O5. The fourth-order valence-corrected chi connectivity index (χ4v) is 3.53. The molecule has 0 aliphatic heterocycles. The maximum atomic E-state index is 12.2. The van der Waals surface area contributed by atoms with Crippen LogP contribution in [-0.2, 0) is 21.6 Å². The van der Waals surface area contributed by atoms with Crippen LogP contribution in [0.1, 0.15) is 30.4 Å². The van der Waals surface area contributed by atoms with E-state index in [9.17, 15) is 19.8 Å². The second-order valence-corrected chi connectivity index (χ2v) is 5.72. The summed E-state index contributed by atoms with van der Waals surface area (Å²) in [5.41, 5.74) is -1.31. The number of hydrogen-bond donors (Lipinski definition) is 2. The monoisotopic (exact) mass is 276 g/mol. The Morgan fingerprint density at radius 3 is 2.80 bits per heavy atom. The summed E-state index contributed by atoms with van der Waals surface area (Å²) in [5.74, 6) is -0.836. The van der Waals surface area contributed by atoms with Crippen molar-refractivity contribution in [2.24, 2.45) is 5.41 Å². The van der Waals surface area contributed by atoms with Gasteiger partial charge in [-0.25, -0.2) is 0 Å². The number of carbonyl (C=O) groups is 2. The summed E-state index contributed by atoms with van der Waals surface area (Å²) in [5, 5.41) is 20.3. The van der Waals surface area contributed by atoms with Gasteiger partial charge in [-0.2, -0.15) is 0 Å². The van der Waals surface area contributed by atoms with Gasteiger partial charge in [0, 0.05) is 12.8 Å². The van der Waals surface area contributed by atoms with E-state index in [-0.39, 0.29) is 31.5 Å². The molecule has 1 aromatic rings. The summed E-state index contributed by atoms with van der Waals surface area (Å²) in [6.45, 7) is 0. The molecule has 20 heavy (non-hydrogen) atoms. The van der Waals surface area contributed by atoms with E-state index < -0.39 is 17.0 Å². The Morgan fingerprint density at radius 1 is 1.40 bits per heavy atom. The molecule has 106 valence electrons. The Morgan fingerprint density at radius 2 is 2.15 bits per heavy atom. The highest BCUT2D eigenvalue weighted by Crippen LogP contribution is 2.52. The lowest BCUT2D eigenvalue weighted by atomic mass is 9.57. The molecule has 0 amide bonds. The largest absolute Gasteiger partial charge is 0.497 e. The molecule has 2 atom stereocenters. The first kappa shape index (κ1) is 13.1. The molecule has 5 heteroatoms. The van der Waals surface area contributed by atoms with Gasteiger partial charge in [0.1, 0.15) is 11.2 Å². The SMILES string of the molecule is COc1ccc2c(c1)C[C@]1(C(=O)O)C[C@@]2(O)CCC1=O. The predicted octanol–water partition coefficient (Wildman–Crippen LogP) is 1.26. The quantitative estimate of drug-likeness (QED) is 0.794. The number of carboxylic acid groups (broad SMARTS) is 1. The molecule has 0 aromatic heterocycles. The second kappa shape index (κ2) is 4.06. The number of carboxylic acids is 1. The Bertz CT molecular complexity index is 608. The van der Waals surface area contributed by atoms with Gasteiger partial charge in [-0.15, -0.1) is 0 Å². The smallest absolute Gasteiger partial charge is 0.317 e. The van der Waals surface area contributed by atoms with Crippen LogP contribution < -0.4 is 4.74 Å². The number of rotatable bonds is 2. The lowest BCUT2D eigenvalue weighted by molar-refractivity contribution is -0.168. The normalized spacial score (nSPS) is 31.6. The fourth-order valence-electron chi connectivity index (χ4n) is 3.53. The first-order valence-corrected chi connectivity index (χ1v) is 6.58. The van der Waals surface area contributed by atoms with E-state index in [0.717, 1.165) is 5.56 Å². The van der Waals surface area contributed by atoms with Crippen LogP contribution in [0.4, 0.5) is 0 Å². The minimum atomic E-state index is -1.49. The third kappa shape index (κ3) is 1.59. The van der Waals surface area contributed by atoms with Gasteiger partial charge in [-0.3, -0.25) is 9.59 Å². The summed E-state index contributed by atoms with van der Waals surface area (Å²) in [6.07, 6.45) is 0.470. The molecule has 2 aliphatic rings. The highest BCUT2D eigenvalue weighted by Gasteiger charge is 2.58. The van der Waals surface area contributed by atoms with Gasteiger partial charge in [0.15, 0.2) is 5.78 Å². The fraction of sp³-hybridized carbons (Fsp3) is 0.467.